The van der Waals surface area contributed by atoms with Crippen LogP contribution >= 0.6 is 23.1 Å². The SMILES string of the molecule is CNC(=O)NC(=O)[C@H](C)Sc1nnc(-c2cccs2)o1. The number of urea groups is 1. The molecule has 0 unspecified atom stereocenters. The van der Waals surface area contributed by atoms with Crippen molar-refractivity contribution in [3.8, 4) is 10.8 Å². The van der Waals surface area contributed by atoms with Crippen LogP contribution in [0.4, 0.5) is 4.79 Å². The number of thioether (sulfide) groups is 1. The van der Waals surface area contributed by atoms with E-state index in [9.17, 15) is 9.59 Å². The third kappa shape index (κ3) is 3.58. The number of amides is 3. The van der Waals surface area contributed by atoms with Crippen molar-refractivity contribution >= 4 is 35.0 Å². The number of aromatic nitrogens is 2. The summed E-state index contributed by atoms with van der Waals surface area (Å²) in [5.41, 5.74) is 0. The molecular formula is C11H12N4O3S2. The van der Waals surface area contributed by atoms with Crippen LogP contribution in [0.15, 0.2) is 27.2 Å². The molecule has 2 heterocycles. The van der Waals surface area contributed by atoms with Gasteiger partial charge in [0.15, 0.2) is 0 Å². The number of thiophene rings is 1. The number of carbonyl (C=O) groups is 2. The Morgan fingerprint density at radius 3 is 2.90 bits per heavy atom. The Morgan fingerprint density at radius 1 is 1.45 bits per heavy atom. The average molecular weight is 312 g/mol. The van der Waals surface area contributed by atoms with Gasteiger partial charge in [0.2, 0.25) is 5.91 Å². The molecule has 0 fully saturated rings. The summed E-state index contributed by atoms with van der Waals surface area (Å²) in [6.07, 6.45) is 0. The Balaban J connectivity index is 1.96. The van der Waals surface area contributed by atoms with Gasteiger partial charge in [-0.25, -0.2) is 4.79 Å². The van der Waals surface area contributed by atoms with Crippen LogP contribution in [-0.2, 0) is 4.79 Å². The summed E-state index contributed by atoms with van der Waals surface area (Å²) in [7, 11) is 1.44. The van der Waals surface area contributed by atoms with Gasteiger partial charge in [0.05, 0.1) is 10.1 Å². The van der Waals surface area contributed by atoms with E-state index >= 15 is 0 Å². The number of imide groups is 1. The van der Waals surface area contributed by atoms with E-state index in [1.165, 1.54) is 18.4 Å². The molecule has 106 valence electrons. The molecular weight excluding hydrogens is 300 g/mol. The van der Waals surface area contributed by atoms with Crippen molar-refractivity contribution in [2.24, 2.45) is 0 Å². The molecule has 0 spiro atoms. The predicted octanol–water partition coefficient (Wildman–Crippen LogP) is 1.73. The lowest BCUT2D eigenvalue weighted by Crippen LogP contribution is -2.41. The van der Waals surface area contributed by atoms with Crippen LogP contribution in [0.1, 0.15) is 6.92 Å². The molecule has 0 aliphatic rings. The minimum Gasteiger partial charge on any atom is -0.410 e. The lowest BCUT2D eigenvalue weighted by atomic mass is 10.4. The van der Waals surface area contributed by atoms with Gasteiger partial charge < -0.3 is 9.73 Å². The molecule has 1 atom stereocenters. The molecule has 2 rings (SSSR count). The molecule has 9 heteroatoms. The number of hydrogen-bond acceptors (Lipinski definition) is 7. The second kappa shape index (κ2) is 6.53. The minimum absolute atomic E-state index is 0.285. The van der Waals surface area contributed by atoms with Crippen molar-refractivity contribution < 1.29 is 14.0 Å². The Bertz CT molecular complexity index is 597. The zero-order valence-corrected chi connectivity index (χ0v) is 12.4. The summed E-state index contributed by atoms with van der Waals surface area (Å²) in [4.78, 5) is 23.6. The maximum atomic E-state index is 11.7. The molecule has 3 amide bonds. The molecule has 0 aliphatic heterocycles. The first kappa shape index (κ1) is 14.5. The van der Waals surface area contributed by atoms with Crippen molar-refractivity contribution in [2.75, 3.05) is 7.05 Å². The van der Waals surface area contributed by atoms with Gasteiger partial charge in [-0.15, -0.1) is 21.5 Å². The Labute approximate surface area is 123 Å². The molecule has 2 aromatic rings. The molecule has 0 radical (unpaired) electrons. The van der Waals surface area contributed by atoms with Crippen molar-refractivity contribution in [3.05, 3.63) is 17.5 Å². The Hall–Kier alpha value is -1.87. The fourth-order valence-electron chi connectivity index (χ4n) is 1.24. The van der Waals surface area contributed by atoms with E-state index in [0.29, 0.717) is 5.89 Å². The molecule has 0 aromatic carbocycles. The normalized spacial score (nSPS) is 11.9. The van der Waals surface area contributed by atoms with Gasteiger partial charge in [-0.05, 0) is 18.4 Å². The molecule has 2 N–H and O–H groups in total. The highest BCUT2D eigenvalue weighted by molar-refractivity contribution is 8.00. The number of rotatable bonds is 4. The first-order chi connectivity index (χ1) is 9.60. The standard InChI is InChI=1S/C11H12N4O3S2/c1-6(8(16)13-10(17)12-2)20-11-15-14-9(18-11)7-4-3-5-19-7/h3-6H,1-2H3,(H2,12,13,16,17)/t6-/m0/s1. The monoisotopic (exact) mass is 312 g/mol. The summed E-state index contributed by atoms with van der Waals surface area (Å²) in [5.74, 6) is -0.00775. The highest BCUT2D eigenvalue weighted by Gasteiger charge is 2.20. The summed E-state index contributed by atoms with van der Waals surface area (Å²) >= 11 is 2.58. The van der Waals surface area contributed by atoms with Crippen molar-refractivity contribution in [2.45, 2.75) is 17.4 Å². The van der Waals surface area contributed by atoms with Crippen molar-refractivity contribution in [1.82, 2.24) is 20.8 Å². The van der Waals surface area contributed by atoms with Crippen LogP contribution < -0.4 is 10.6 Å². The van der Waals surface area contributed by atoms with Gasteiger partial charge in [0, 0.05) is 7.05 Å². The summed E-state index contributed by atoms with van der Waals surface area (Å²) in [6, 6.07) is 3.21. The average Bonchev–Trinajstić information content (AvgIpc) is 3.08. The van der Waals surface area contributed by atoms with Crippen LogP contribution in [0.2, 0.25) is 0 Å². The highest BCUT2D eigenvalue weighted by Crippen LogP contribution is 2.28. The van der Waals surface area contributed by atoms with Gasteiger partial charge in [-0.1, -0.05) is 17.8 Å². The van der Waals surface area contributed by atoms with Gasteiger partial charge >= 0.3 is 6.03 Å². The second-order valence-electron chi connectivity index (χ2n) is 3.68. The minimum atomic E-state index is -0.549. The van der Waals surface area contributed by atoms with E-state index in [1.807, 2.05) is 17.5 Å². The van der Waals surface area contributed by atoms with Crippen LogP contribution in [0, 0.1) is 0 Å². The predicted molar refractivity (Wildman–Crippen MR) is 75.5 cm³/mol. The molecule has 0 aliphatic carbocycles. The van der Waals surface area contributed by atoms with E-state index in [-0.39, 0.29) is 5.22 Å². The number of hydrogen-bond donors (Lipinski definition) is 2. The quantitative estimate of drug-likeness (QED) is 0.835. The fraction of sp³-hybridized carbons (Fsp3) is 0.273. The smallest absolute Gasteiger partial charge is 0.321 e. The van der Waals surface area contributed by atoms with Gasteiger partial charge in [-0.3, -0.25) is 10.1 Å². The third-order valence-corrected chi connectivity index (χ3v) is 4.04. The second-order valence-corrected chi connectivity index (χ2v) is 5.92. The van der Waals surface area contributed by atoms with E-state index in [2.05, 4.69) is 20.8 Å². The topological polar surface area (TPSA) is 97.1 Å². The largest absolute Gasteiger partial charge is 0.410 e. The summed E-state index contributed by atoms with van der Waals surface area (Å²) in [5, 5.41) is 13.9. The van der Waals surface area contributed by atoms with E-state index < -0.39 is 17.2 Å². The molecule has 0 bridgehead atoms. The third-order valence-electron chi connectivity index (χ3n) is 2.25. The number of nitrogens with one attached hydrogen (secondary N) is 2. The summed E-state index contributed by atoms with van der Waals surface area (Å²) in [6.45, 7) is 1.65. The molecule has 0 saturated carbocycles. The molecule has 20 heavy (non-hydrogen) atoms. The van der Waals surface area contributed by atoms with Crippen LogP contribution in [-0.4, -0.2) is 34.4 Å². The maximum Gasteiger partial charge on any atom is 0.321 e. The van der Waals surface area contributed by atoms with E-state index in [1.54, 1.807) is 6.92 Å². The first-order valence-electron chi connectivity index (χ1n) is 5.66. The lowest BCUT2D eigenvalue weighted by molar-refractivity contribution is -0.119. The highest BCUT2D eigenvalue weighted by atomic mass is 32.2. The lowest BCUT2D eigenvalue weighted by Gasteiger charge is -2.07. The zero-order valence-electron chi connectivity index (χ0n) is 10.7. The fourth-order valence-corrected chi connectivity index (χ4v) is 2.57. The number of nitrogens with zero attached hydrogens (tertiary/aromatic N) is 2. The molecule has 7 nitrogen and oxygen atoms in total. The van der Waals surface area contributed by atoms with Crippen molar-refractivity contribution in [3.63, 3.8) is 0 Å². The molecule has 0 saturated heterocycles. The number of carbonyl (C=O) groups excluding carboxylic acids is 2. The van der Waals surface area contributed by atoms with Crippen molar-refractivity contribution in [1.29, 1.82) is 0 Å². The van der Waals surface area contributed by atoms with E-state index in [4.69, 9.17) is 4.42 Å². The van der Waals surface area contributed by atoms with Gasteiger partial charge in [-0.2, -0.15) is 0 Å². The van der Waals surface area contributed by atoms with Crippen LogP contribution in [0.25, 0.3) is 10.8 Å². The van der Waals surface area contributed by atoms with Crippen LogP contribution in [0.5, 0.6) is 0 Å². The van der Waals surface area contributed by atoms with Gasteiger partial charge in [0.1, 0.15) is 0 Å². The first-order valence-corrected chi connectivity index (χ1v) is 7.42. The maximum absolute atomic E-state index is 11.7. The Morgan fingerprint density at radius 2 is 2.25 bits per heavy atom. The van der Waals surface area contributed by atoms with Crippen LogP contribution in [0.3, 0.4) is 0 Å². The Kier molecular flexibility index (Phi) is 4.74. The summed E-state index contributed by atoms with van der Waals surface area (Å²) < 4.78 is 5.45. The van der Waals surface area contributed by atoms with Gasteiger partial charge in [0.25, 0.3) is 11.1 Å². The molecule has 2 aromatic heterocycles. The van der Waals surface area contributed by atoms with E-state index in [0.717, 1.165) is 16.6 Å². The zero-order chi connectivity index (χ0) is 14.5.